The number of aryl methyl sites for hydroxylation is 1. The number of aromatic amines is 1. The van der Waals surface area contributed by atoms with Gasteiger partial charge in [0.2, 0.25) is 5.95 Å². The summed E-state index contributed by atoms with van der Waals surface area (Å²) >= 11 is 0. The van der Waals surface area contributed by atoms with Crippen molar-refractivity contribution in [1.29, 1.82) is 0 Å². The van der Waals surface area contributed by atoms with Crippen LogP contribution < -0.4 is 10.5 Å². The molecule has 1 aliphatic rings. The van der Waals surface area contributed by atoms with Crippen LogP contribution >= 0.6 is 0 Å². The number of hydrogen-bond acceptors (Lipinski definition) is 3. The van der Waals surface area contributed by atoms with E-state index < -0.39 is 0 Å². The number of nitrogens with one attached hydrogen (secondary N) is 1. The van der Waals surface area contributed by atoms with Crippen molar-refractivity contribution in [3.8, 4) is 0 Å². The highest BCUT2D eigenvalue weighted by Gasteiger charge is 2.16. The van der Waals surface area contributed by atoms with Crippen LogP contribution in [0.3, 0.4) is 0 Å². The van der Waals surface area contributed by atoms with Crippen molar-refractivity contribution >= 4 is 5.95 Å². The Morgan fingerprint density at radius 3 is 2.61 bits per heavy atom. The maximum Gasteiger partial charge on any atom is 0.255 e. The molecule has 0 aliphatic carbocycles. The zero-order valence-electron chi connectivity index (χ0n) is 11.5. The van der Waals surface area contributed by atoms with Crippen LogP contribution in [0.4, 0.5) is 5.95 Å². The summed E-state index contributed by atoms with van der Waals surface area (Å²) in [6.07, 6.45) is 6.67. The fourth-order valence-corrected chi connectivity index (χ4v) is 2.52. The molecule has 0 amide bonds. The van der Waals surface area contributed by atoms with Crippen molar-refractivity contribution in [2.75, 3.05) is 18.0 Å². The minimum Gasteiger partial charge on any atom is -0.342 e. The first kappa shape index (κ1) is 13.1. The molecule has 1 aromatic rings. The molecular weight excluding hydrogens is 226 g/mol. The zero-order chi connectivity index (χ0) is 13.0. The first-order chi connectivity index (χ1) is 8.72. The minimum atomic E-state index is 0.0560. The van der Waals surface area contributed by atoms with E-state index in [0.29, 0.717) is 0 Å². The van der Waals surface area contributed by atoms with Gasteiger partial charge >= 0.3 is 0 Å². The van der Waals surface area contributed by atoms with Crippen molar-refractivity contribution in [2.45, 2.75) is 52.4 Å². The van der Waals surface area contributed by atoms with Gasteiger partial charge < -0.3 is 4.90 Å². The van der Waals surface area contributed by atoms with E-state index in [4.69, 9.17) is 0 Å². The van der Waals surface area contributed by atoms with E-state index in [1.807, 2.05) is 6.92 Å². The second-order valence-corrected chi connectivity index (χ2v) is 5.10. The molecule has 0 atom stereocenters. The van der Waals surface area contributed by atoms with E-state index in [0.717, 1.165) is 43.1 Å². The SMILES string of the molecule is CCCCCc1c(C)nc(N2CCCC2)[nH]c1=O. The van der Waals surface area contributed by atoms with Gasteiger partial charge in [-0.1, -0.05) is 19.8 Å². The number of aromatic nitrogens is 2. The van der Waals surface area contributed by atoms with Gasteiger partial charge in [0.25, 0.3) is 5.56 Å². The zero-order valence-corrected chi connectivity index (χ0v) is 11.5. The number of nitrogens with zero attached hydrogens (tertiary/aromatic N) is 2. The summed E-state index contributed by atoms with van der Waals surface area (Å²) in [6.45, 7) is 6.15. The van der Waals surface area contributed by atoms with Crippen molar-refractivity contribution in [2.24, 2.45) is 0 Å². The number of anilines is 1. The van der Waals surface area contributed by atoms with Gasteiger partial charge in [0.1, 0.15) is 0 Å². The predicted octanol–water partition coefficient (Wildman–Crippen LogP) is 2.41. The Morgan fingerprint density at radius 2 is 2.00 bits per heavy atom. The van der Waals surface area contributed by atoms with E-state index >= 15 is 0 Å². The summed E-state index contributed by atoms with van der Waals surface area (Å²) < 4.78 is 0. The summed E-state index contributed by atoms with van der Waals surface area (Å²) in [5.41, 5.74) is 1.82. The fraction of sp³-hybridized carbons (Fsp3) is 0.714. The van der Waals surface area contributed by atoms with E-state index in [9.17, 15) is 4.79 Å². The first-order valence-corrected chi connectivity index (χ1v) is 7.07. The fourth-order valence-electron chi connectivity index (χ4n) is 2.52. The quantitative estimate of drug-likeness (QED) is 0.815. The van der Waals surface area contributed by atoms with Crippen molar-refractivity contribution < 1.29 is 0 Å². The van der Waals surface area contributed by atoms with Gasteiger partial charge in [-0.3, -0.25) is 9.78 Å². The smallest absolute Gasteiger partial charge is 0.255 e. The van der Waals surface area contributed by atoms with Gasteiger partial charge in [0.05, 0.1) is 0 Å². The lowest BCUT2D eigenvalue weighted by atomic mass is 10.1. The minimum absolute atomic E-state index is 0.0560. The monoisotopic (exact) mass is 249 g/mol. The number of hydrogen-bond donors (Lipinski definition) is 1. The molecule has 0 unspecified atom stereocenters. The molecule has 4 nitrogen and oxygen atoms in total. The molecule has 18 heavy (non-hydrogen) atoms. The third-order valence-electron chi connectivity index (χ3n) is 3.65. The van der Waals surface area contributed by atoms with Gasteiger partial charge in [-0.05, 0) is 32.6 Å². The molecule has 4 heteroatoms. The third kappa shape index (κ3) is 2.92. The Kier molecular flexibility index (Phi) is 4.39. The van der Waals surface area contributed by atoms with Crippen LogP contribution in [-0.2, 0) is 6.42 Å². The molecule has 2 rings (SSSR count). The summed E-state index contributed by atoms with van der Waals surface area (Å²) in [7, 11) is 0. The van der Waals surface area contributed by atoms with Gasteiger partial charge in [0, 0.05) is 24.3 Å². The van der Waals surface area contributed by atoms with Crippen molar-refractivity contribution in [3.05, 3.63) is 21.6 Å². The Labute approximate surface area is 108 Å². The third-order valence-corrected chi connectivity index (χ3v) is 3.65. The van der Waals surface area contributed by atoms with Crippen molar-refractivity contribution in [1.82, 2.24) is 9.97 Å². The highest BCUT2D eigenvalue weighted by atomic mass is 16.1. The Bertz CT molecular complexity index is 447. The largest absolute Gasteiger partial charge is 0.342 e. The summed E-state index contributed by atoms with van der Waals surface area (Å²) in [5.74, 6) is 0.759. The molecule has 1 fully saturated rings. The molecule has 0 bridgehead atoms. The normalized spacial score (nSPS) is 15.3. The molecular formula is C14H23N3O. The molecule has 1 aliphatic heterocycles. The highest BCUT2D eigenvalue weighted by Crippen LogP contribution is 2.15. The number of unbranched alkanes of at least 4 members (excludes halogenated alkanes) is 2. The molecule has 1 saturated heterocycles. The van der Waals surface area contributed by atoms with Gasteiger partial charge in [-0.25, -0.2) is 4.98 Å². The van der Waals surface area contributed by atoms with Crippen LogP contribution in [0.1, 0.15) is 50.3 Å². The molecule has 0 aromatic carbocycles. The Balaban J connectivity index is 2.15. The summed E-state index contributed by atoms with van der Waals surface area (Å²) in [6, 6.07) is 0. The molecule has 0 saturated carbocycles. The number of H-pyrrole nitrogens is 1. The Hall–Kier alpha value is -1.32. The van der Waals surface area contributed by atoms with E-state index in [-0.39, 0.29) is 5.56 Å². The van der Waals surface area contributed by atoms with Crippen molar-refractivity contribution in [3.63, 3.8) is 0 Å². The lowest BCUT2D eigenvalue weighted by Gasteiger charge is -2.16. The van der Waals surface area contributed by atoms with Crippen LogP contribution in [0.5, 0.6) is 0 Å². The van der Waals surface area contributed by atoms with Gasteiger partial charge in [-0.15, -0.1) is 0 Å². The average Bonchev–Trinajstić information content (AvgIpc) is 2.86. The van der Waals surface area contributed by atoms with Gasteiger partial charge in [0.15, 0.2) is 0 Å². The lowest BCUT2D eigenvalue weighted by Crippen LogP contribution is -2.26. The van der Waals surface area contributed by atoms with Crippen LogP contribution in [0.2, 0.25) is 0 Å². The predicted molar refractivity (Wildman–Crippen MR) is 74.3 cm³/mol. The van der Waals surface area contributed by atoms with Crippen LogP contribution in [0.15, 0.2) is 4.79 Å². The summed E-state index contributed by atoms with van der Waals surface area (Å²) in [4.78, 5) is 21.8. The molecule has 0 radical (unpaired) electrons. The van der Waals surface area contributed by atoms with Crippen LogP contribution in [-0.4, -0.2) is 23.1 Å². The second kappa shape index (κ2) is 6.03. The van der Waals surface area contributed by atoms with Crippen LogP contribution in [0.25, 0.3) is 0 Å². The first-order valence-electron chi connectivity index (χ1n) is 7.07. The average molecular weight is 249 g/mol. The molecule has 1 N–H and O–H groups in total. The maximum atomic E-state index is 12.1. The molecule has 100 valence electrons. The Morgan fingerprint density at radius 1 is 1.28 bits per heavy atom. The molecule has 1 aromatic heterocycles. The van der Waals surface area contributed by atoms with Gasteiger partial charge in [-0.2, -0.15) is 0 Å². The lowest BCUT2D eigenvalue weighted by molar-refractivity contribution is 0.705. The van der Waals surface area contributed by atoms with E-state index in [1.54, 1.807) is 0 Å². The maximum absolute atomic E-state index is 12.1. The second-order valence-electron chi connectivity index (χ2n) is 5.10. The standard InChI is InChI=1S/C14H23N3O/c1-3-4-5-8-12-11(2)15-14(16-13(12)18)17-9-6-7-10-17/h3-10H2,1-2H3,(H,15,16,18). The highest BCUT2D eigenvalue weighted by molar-refractivity contribution is 5.34. The molecule has 2 heterocycles. The number of rotatable bonds is 5. The van der Waals surface area contributed by atoms with E-state index in [2.05, 4.69) is 21.8 Å². The topological polar surface area (TPSA) is 49.0 Å². The van der Waals surface area contributed by atoms with E-state index in [1.165, 1.54) is 25.7 Å². The molecule has 0 spiro atoms. The van der Waals surface area contributed by atoms with Crippen LogP contribution in [0, 0.1) is 6.92 Å². The summed E-state index contributed by atoms with van der Waals surface area (Å²) in [5, 5.41) is 0.